The Hall–Kier alpha value is -4.12. The number of ether oxygens (including phenoxy) is 1. The molecule has 1 amide bonds. The molecule has 2 aliphatic rings. The molecule has 2 fully saturated rings. The second-order valence-corrected chi connectivity index (χ2v) is 8.82. The molecule has 0 unspecified atom stereocenters. The van der Waals surface area contributed by atoms with Crippen LogP contribution in [0.15, 0.2) is 53.6 Å². The van der Waals surface area contributed by atoms with Crippen LogP contribution in [0.3, 0.4) is 0 Å². The number of aromatic nitrogens is 6. The van der Waals surface area contributed by atoms with Gasteiger partial charge in [-0.05, 0) is 24.0 Å². The Balaban J connectivity index is 1.23. The fraction of sp³-hybridized carbons (Fsp3) is 0.333. The fourth-order valence-electron chi connectivity index (χ4n) is 4.61. The van der Waals surface area contributed by atoms with Crippen LogP contribution < -0.4 is 5.73 Å². The molecule has 11 nitrogen and oxygen atoms in total. The maximum Gasteiger partial charge on any atom is 0.344 e. The third-order valence-electron chi connectivity index (χ3n) is 6.81. The average molecular weight is 473 g/mol. The molecule has 1 aliphatic heterocycles. The van der Waals surface area contributed by atoms with Gasteiger partial charge in [0, 0.05) is 37.2 Å². The van der Waals surface area contributed by atoms with Crippen molar-refractivity contribution in [1.82, 2.24) is 34.8 Å². The number of nitrogen functional groups attached to an aromatic ring is 1. The number of nitrogens with two attached hydrogens (primary N) is 1. The lowest BCUT2D eigenvalue weighted by Gasteiger charge is -2.39. The highest BCUT2D eigenvalue weighted by Crippen LogP contribution is 2.48. The van der Waals surface area contributed by atoms with Crippen molar-refractivity contribution in [1.29, 1.82) is 0 Å². The van der Waals surface area contributed by atoms with Crippen molar-refractivity contribution in [2.45, 2.75) is 24.7 Å². The van der Waals surface area contributed by atoms with E-state index in [-0.39, 0.29) is 17.4 Å². The monoisotopic (exact) mass is 472 g/mol. The van der Waals surface area contributed by atoms with E-state index in [1.807, 2.05) is 12.1 Å². The zero-order valence-corrected chi connectivity index (χ0v) is 19.0. The average Bonchev–Trinajstić information content (AvgIpc) is 3.55. The molecule has 11 heteroatoms. The number of hydrogen-bond acceptors (Lipinski definition) is 9. The summed E-state index contributed by atoms with van der Waals surface area (Å²) in [6.07, 6.45) is 9.59. The second-order valence-electron chi connectivity index (χ2n) is 8.82. The maximum atomic E-state index is 12.7. The van der Waals surface area contributed by atoms with E-state index in [0.29, 0.717) is 43.6 Å². The summed E-state index contributed by atoms with van der Waals surface area (Å²) in [4.78, 5) is 27.3. The van der Waals surface area contributed by atoms with Crippen molar-refractivity contribution in [2.24, 2.45) is 0 Å². The zero-order chi connectivity index (χ0) is 23.8. The topological polar surface area (TPSA) is 138 Å². The van der Waals surface area contributed by atoms with E-state index in [0.717, 1.165) is 36.0 Å². The van der Waals surface area contributed by atoms with Gasteiger partial charge in [-0.3, -0.25) is 0 Å². The van der Waals surface area contributed by atoms with E-state index in [4.69, 9.17) is 20.0 Å². The summed E-state index contributed by atoms with van der Waals surface area (Å²) in [5.41, 5.74) is 8.96. The van der Waals surface area contributed by atoms with Crippen LogP contribution in [0.4, 0.5) is 10.7 Å². The molecule has 1 aromatic carbocycles. The zero-order valence-electron chi connectivity index (χ0n) is 19.0. The van der Waals surface area contributed by atoms with Crippen LogP contribution in [0.2, 0.25) is 0 Å². The lowest BCUT2D eigenvalue weighted by atomic mass is 9.64. The van der Waals surface area contributed by atoms with E-state index in [9.17, 15) is 4.79 Å². The van der Waals surface area contributed by atoms with E-state index >= 15 is 0 Å². The quantitative estimate of drug-likeness (QED) is 0.475. The first kappa shape index (κ1) is 21.4. The molecule has 4 aromatic rings. The first-order valence-corrected chi connectivity index (χ1v) is 11.6. The van der Waals surface area contributed by atoms with Gasteiger partial charge in [0.1, 0.15) is 0 Å². The molecule has 35 heavy (non-hydrogen) atoms. The van der Waals surface area contributed by atoms with Crippen LogP contribution >= 0.6 is 0 Å². The van der Waals surface area contributed by atoms with Crippen molar-refractivity contribution in [3.05, 3.63) is 60.4 Å². The Bertz CT molecular complexity index is 1340. The number of hydrogen-bond donors (Lipinski definition) is 1. The predicted molar refractivity (Wildman–Crippen MR) is 125 cm³/mol. The summed E-state index contributed by atoms with van der Waals surface area (Å²) in [6.45, 7) is 2.16. The van der Waals surface area contributed by atoms with Crippen molar-refractivity contribution >= 4 is 12.0 Å². The van der Waals surface area contributed by atoms with Gasteiger partial charge in [-0.2, -0.15) is 14.8 Å². The van der Waals surface area contributed by atoms with Gasteiger partial charge in [-0.25, -0.2) is 14.8 Å². The van der Waals surface area contributed by atoms with Gasteiger partial charge < -0.3 is 19.9 Å². The number of anilines is 1. The van der Waals surface area contributed by atoms with Gasteiger partial charge in [0.15, 0.2) is 5.82 Å². The normalized spacial score (nSPS) is 17.2. The minimum atomic E-state index is -0.294. The molecule has 0 spiro atoms. The first-order valence-electron chi connectivity index (χ1n) is 11.6. The molecule has 0 radical (unpaired) electrons. The molecule has 6 rings (SSSR count). The number of carbonyl (C=O) groups is 1. The van der Waals surface area contributed by atoms with Crippen molar-refractivity contribution in [2.75, 3.05) is 32.0 Å². The lowest BCUT2D eigenvalue weighted by molar-refractivity contribution is 0.0528. The number of morpholine rings is 1. The molecule has 178 valence electrons. The van der Waals surface area contributed by atoms with Crippen LogP contribution in [0.25, 0.3) is 22.6 Å². The third-order valence-corrected chi connectivity index (χ3v) is 6.81. The number of rotatable bonds is 4. The van der Waals surface area contributed by atoms with E-state index in [1.54, 1.807) is 29.7 Å². The molecular formula is C24H24N8O3. The van der Waals surface area contributed by atoms with Crippen LogP contribution in [-0.2, 0) is 10.2 Å². The summed E-state index contributed by atoms with van der Waals surface area (Å²) in [5, 5.41) is 8.54. The Labute approximate surface area is 200 Å². The molecule has 1 saturated carbocycles. The highest BCUT2D eigenvalue weighted by atomic mass is 16.5. The van der Waals surface area contributed by atoms with Crippen LogP contribution in [0.5, 0.6) is 0 Å². The minimum Gasteiger partial charge on any atom is -0.378 e. The number of carbonyl (C=O) groups excluding carboxylic acids is 1. The standard InChI is InChI=1S/C24H24N8O3/c25-22-26-12-17(13-27-22)16-2-4-19(5-3-16)24(6-1-7-24)21-29-20(35-30-21)18-14-28-32(15-18)23(33)31-8-10-34-11-9-31/h2-5,12-15H,1,6-11H2,(H2,25,26,27). The van der Waals surface area contributed by atoms with E-state index in [2.05, 4.69) is 32.4 Å². The Morgan fingerprint density at radius 1 is 0.971 bits per heavy atom. The second kappa shape index (κ2) is 8.58. The molecule has 2 N–H and O–H groups in total. The van der Waals surface area contributed by atoms with Gasteiger partial charge >= 0.3 is 6.03 Å². The van der Waals surface area contributed by atoms with Gasteiger partial charge in [-0.1, -0.05) is 35.8 Å². The van der Waals surface area contributed by atoms with Gasteiger partial charge in [0.05, 0.1) is 30.4 Å². The van der Waals surface area contributed by atoms with Crippen LogP contribution in [0.1, 0.15) is 30.7 Å². The fourth-order valence-corrected chi connectivity index (χ4v) is 4.61. The van der Waals surface area contributed by atoms with Gasteiger partial charge in [-0.15, -0.1) is 0 Å². The summed E-state index contributed by atoms with van der Waals surface area (Å²) < 4.78 is 12.2. The summed E-state index contributed by atoms with van der Waals surface area (Å²) in [5.74, 6) is 1.25. The van der Waals surface area contributed by atoms with Crippen LogP contribution in [0, 0.1) is 0 Å². The SMILES string of the molecule is Nc1ncc(-c2ccc(C3(c4noc(-c5cnn(C(=O)N6CCOCC6)c5)n4)CCC3)cc2)cn1. The molecule has 1 aliphatic carbocycles. The van der Waals surface area contributed by atoms with E-state index in [1.165, 1.54) is 4.68 Å². The third kappa shape index (κ3) is 3.83. The summed E-state index contributed by atoms with van der Waals surface area (Å²) in [6, 6.07) is 8.10. The predicted octanol–water partition coefficient (Wildman–Crippen LogP) is 2.74. The maximum absolute atomic E-state index is 12.7. The largest absolute Gasteiger partial charge is 0.378 e. The van der Waals surface area contributed by atoms with Crippen LogP contribution in [-0.4, -0.2) is 67.1 Å². The molecule has 4 heterocycles. The summed E-state index contributed by atoms with van der Waals surface area (Å²) in [7, 11) is 0. The highest BCUT2D eigenvalue weighted by molar-refractivity contribution is 5.77. The van der Waals surface area contributed by atoms with Crippen molar-refractivity contribution < 1.29 is 14.1 Å². The van der Waals surface area contributed by atoms with Gasteiger partial charge in [0.25, 0.3) is 5.89 Å². The molecular weight excluding hydrogens is 448 g/mol. The number of amides is 1. The minimum absolute atomic E-state index is 0.193. The summed E-state index contributed by atoms with van der Waals surface area (Å²) >= 11 is 0. The van der Waals surface area contributed by atoms with Gasteiger partial charge in [0.2, 0.25) is 5.95 Å². The number of benzene rings is 1. The van der Waals surface area contributed by atoms with Crippen molar-refractivity contribution in [3.8, 4) is 22.6 Å². The Morgan fingerprint density at radius 2 is 1.71 bits per heavy atom. The Kier molecular flexibility index (Phi) is 5.25. The first-order chi connectivity index (χ1) is 17.1. The molecule has 0 bridgehead atoms. The Morgan fingerprint density at radius 3 is 2.40 bits per heavy atom. The smallest absolute Gasteiger partial charge is 0.344 e. The highest BCUT2D eigenvalue weighted by Gasteiger charge is 2.44. The number of nitrogens with zero attached hydrogens (tertiary/aromatic N) is 7. The van der Waals surface area contributed by atoms with E-state index < -0.39 is 0 Å². The molecule has 0 atom stereocenters. The van der Waals surface area contributed by atoms with Crippen molar-refractivity contribution in [3.63, 3.8) is 0 Å². The molecule has 3 aromatic heterocycles. The molecule has 1 saturated heterocycles. The lowest BCUT2D eigenvalue weighted by Crippen LogP contribution is -2.43.